The van der Waals surface area contributed by atoms with Crippen LogP contribution in [-0.4, -0.2) is 120 Å². The maximum atomic E-state index is 14.2. The van der Waals surface area contributed by atoms with Crippen LogP contribution in [0, 0.1) is 33.6 Å². The van der Waals surface area contributed by atoms with Crippen LogP contribution in [0.5, 0.6) is 5.88 Å². The van der Waals surface area contributed by atoms with Gasteiger partial charge in [0.25, 0.3) is 5.88 Å². The molecule has 3 amide bonds. The fraction of sp³-hybridized carbons (Fsp3) is 0.469. The summed E-state index contributed by atoms with van der Waals surface area (Å²) in [5.74, 6) is 0.279. The lowest BCUT2D eigenvalue weighted by atomic mass is 9.91. The summed E-state index contributed by atoms with van der Waals surface area (Å²) in [4.78, 5) is 57.1. The van der Waals surface area contributed by atoms with E-state index in [0.29, 0.717) is 37.7 Å². The molecule has 0 spiro atoms. The minimum Gasteiger partial charge on any atom is -0.474 e. The molecule has 0 bridgehead atoms. The Bertz CT molecular complexity index is 2770. The standard InChI is InChI=1S/C49H57ClN10O6S2/c1-26(2)42(48(64)59-24-36(61)19-38(59)47(63)51-22-31-7-9-33(10-8-31)45-28(4)52-25-67-45)39-21-41(57-66-39)65-18-17-58-16-15-35(23-58)53-40(62)20-37-46-56-55-30(6)60(46)49-43(27(3)29(5)68-49)44(54-37)32-11-13-34(50)14-12-32/h7-13,21,25-26,34-38,42,61H,14-20,22-24H2,1-6H3,(H,51,63)(H,53,62)/t34?,35-,36-,37+,38+,42-/m1/s1. The second-order valence-corrected chi connectivity index (χ2v) is 21.1. The first-order valence-electron chi connectivity index (χ1n) is 23.2. The zero-order chi connectivity index (χ0) is 47.8. The molecule has 68 heavy (non-hydrogen) atoms. The largest absolute Gasteiger partial charge is 0.474 e. The van der Waals surface area contributed by atoms with Gasteiger partial charge in [-0.05, 0) is 73.9 Å². The molecule has 5 aromatic rings. The lowest BCUT2D eigenvalue weighted by molar-refractivity contribution is -0.141. The van der Waals surface area contributed by atoms with Crippen molar-refractivity contribution in [2.45, 2.75) is 109 Å². The number of nitrogens with one attached hydrogen (secondary N) is 2. The maximum Gasteiger partial charge on any atom is 0.254 e. The topological polar surface area (TPSA) is 193 Å². The van der Waals surface area contributed by atoms with Crippen molar-refractivity contribution < 1.29 is 28.8 Å². The minimum atomic E-state index is -0.834. The van der Waals surface area contributed by atoms with Crippen LogP contribution in [0.4, 0.5) is 0 Å². The first-order valence-corrected chi connectivity index (χ1v) is 25.4. The second-order valence-electron chi connectivity index (χ2n) is 18.4. The number of alkyl halides is 1. The molecule has 0 saturated carbocycles. The van der Waals surface area contributed by atoms with E-state index in [4.69, 9.17) is 25.9 Å². The number of halogens is 1. The molecular formula is C49H57ClN10O6S2. The molecule has 1 unspecified atom stereocenters. The summed E-state index contributed by atoms with van der Waals surface area (Å²) in [5, 5.41) is 31.0. The summed E-state index contributed by atoms with van der Waals surface area (Å²) >= 11 is 9.69. The highest BCUT2D eigenvalue weighted by Gasteiger charge is 2.43. The number of carbonyl (C=O) groups excluding carboxylic acids is 3. The number of hydrogen-bond acceptors (Lipinski definition) is 14. The van der Waals surface area contributed by atoms with E-state index >= 15 is 0 Å². The monoisotopic (exact) mass is 980 g/mol. The quantitative estimate of drug-likeness (QED) is 0.0948. The molecule has 16 nitrogen and oxygen atoms in total. The Labute approximate surface area is 408 Å². The van der Waals surface area contributed by atoms with Crippen molar-refractivity contribution in [3.05, 3.63) is 104 Å². The number of fused-ring (bicyclic) bond motifs is 3. The Morgan fingerprint density at radius 2 is 1.90 bits per heavy atom. The van der Waals surface area contributed by atoms with E-state index in [1.165, 1.54) is 9.78 Å². The number of allylic oxidation sites excluding steroid dienone is 4. The first-order chi connectivity index (χ1) is 32.7. The number of ether oxygens (including phenoxy) is 1. The molecule has 2 saturated heterocycles. The number of aromatic nitrogens is 5. The van der Waals surface area contributed by atoms with Crippen LogP contribution in [0.25, 0.3) is 15.4 Å². The zero-order valence-corrected chi connectivity index (χ0v) is 41.5. The third kappa shape index (κ3) is 9.97. The summed E-state index contributed by atoms with van der Waals surface area (Å²) in [6.07, 6.45) is 7.05. The maximum absolute atomic E-state index is 14.2. The van der Waals surface area contributed by atoms with Crippen molar-refractivity contribution in [1.29, 1.82) is 0 Å². The Kier molecular flexibility index (Phi) is 14.1. The van der Waals surface area contributed by atoms with E-state index in [1.54, 1.807) is 28.7 Å². The fourth-order valence-electron chi connectivity index (χ4n) is 9.56. The average molecular weight is 982 g/mol. The minimum absolute atomic E-state index is 0.0392. The molecule has 9 rings (SSSR count). The zero-order valence-electron chi connectivity index (χ0n) is 39.1. The van der Waals surface area contributed by atoms with Gasteiger partial charge in [-0.25, -0.2) is 4.98 Å². The summed E-state index contributed by atoms with van der Waals surface area (Å²) in [5.41, 5.74) is 8.81. The predicted molar refractivity (Wildman–Crippen MR) is 262 cm³/mol. The van der Waals surface area contributed by atoms with E-state index in [-0.39, 0.29) is 66.9 Å². The molecular weight excluding hydrogens is 924 g/mol. The number of likely N-dealkylation sites (tertiary alicyclic amines) is 2. The molecule has 2 fully saturated rings. The molecule has 0 radical (unpaired) electrons. The highest BCUT2D eigenvalue weighted by atomic mass is 35.5. The number of aliphatic hydroxyl groups is 1. The van der Waals surface area contributed by atoms with Crippen molar-refractivity contribution in [2.75, 3.05) is 32.8 Å². The normalized spacial score (nSPS) is 21.8. The predicted octanol–water partition coefficient (Wildman–Crippen LogP) is 6.69. The Morgan fingerprint density at radius 3 is 2.63 bits per heavy atom. The number of rotatable bonds is 15. The number of aryl methyl sites for hydroxylation is 3. The number of aliphatic hydroxyl groups excluding tert-OH is 1. The molecule has 19 heteroatoms. The van der Waals surface area contributed by atoms with Crippen LogP contribution in [0.1, 0.15) is 96.2 Å². The van der Waals surface area contributed by atoms with Gasteiger partial charge in [-0.1, -0.05) is 56.3 Å². The van der Waals surface area contributed by atoms with Crippen LogP contribution in [0.3, 0.4) is 0 Å². The van der Waals surface area contributed by atoms with E-state index in [9.17, 15) is 19.5 Å². The fourth-order valence-corrected chi connectivity index (χ4v) is 11.7. The molecule has 3 aliphatic heterocycles. The molecule has 6 atom stereocenters. The van der Waals surface area contributed by atoms with Gasteiger partial charge < -0.3 is 29.9 Å². The van der Waals surface area contributed by atoms with Gasteiger partial charge in [0.05, 0.1) is 39.7 Å². The van der Waals surface area contributed by atoms with E-state index < -0.39 is 24.1 Å². The summed E-state index contributed by atoms with van der Waals surface area (Å²) in [6, 6.07) is 8.16. The highest BCUT2D eigenvalue weighted by Crippen LogP contribution is 2.40. The van der Waals surface area contributed by atoms with Gasteiger partial charge in [0.2, 0.25) is 17.7 Å². The van der Waals surface area contributed by atoms with Crippen LogP contribution >= 0.6 is 34.3 Å². The average Bonchev–Trinajstić information content (AvgIpc) is 4.19. The van der Waals surface area contributed by atoms with Crippen molar-refractivity contribution in [3.8, 4) is 21.3 Å². The highest BCUT2D eigenvalue weighted by molar-refractivity contribution is 7.15. The number of β-amino-alcohol motifs (C(OH)–C–C–N with tert-alkyl or cyclic N) is 1. The number of hydrogen-bond donors (Lipinski definition) is 3. The third-order valence-corrected chi connectivity index (χ3v) is 15.8. The number of carbonyl (C=O) groups is 3. The number of aliphatic imine (C=N–C) groups is 1. The van der Waals surface area contributed by atoms with Gasteiger partial charge in [-0.2, -0.15) is 0 Å². The van der Waals surface area contributed by atoms with Gasteiger partial charge in [-0.3, -0.25) is 28.8 Å². The van der Waals surface area contributed by atoms with E-state index in [1.807, 2.05) is 69.6 Å². The Balaban J connectivity index is 0.774. The number of benzene rings is 1. The SMILES string of the molecule is Cc1ncsc1-c1ccc(CNC(=O)[C@@H]2C[C@@H](O)CN2C(=O)[C@@H](c2cc(OCCN3CC[C@@H](NC(=O)C[C@@H]4N=C(C5=CCC(Cl)C=C5)c5c(sc(C)c5C)-n5c(C)nnc54)C3)no2)C(C)C)cc1. The van der Waals surface area contributed by atoms with Crippen LogP contribution in [0.15, 0.2) is 69.2 Å². The van der Waals surface area contributed by atoms with Gasteiger partial charge in [0.1, 0.15) is 35.4 Å². The van der Waals surface area contributed by atoms with Gasteiger partial charge >= 0.3 is 0 Å². The molecule has 7 heterocycles. The summed E-state index contributed by atoms with van der Waals surface area (Å²) in [7, 11) is 0. The molecule has 358 valence electrons. The molecule has 1 aromatic carbocycles. The lowest BCUT2D eigenvalue weighted by Gasteiger charge is -2.28. The molecule has 4 aromatic heterocycles. The van der Waals surface area contributed by atoms with Crippen LogP contribution in [0.2, 0.25) is 0 Å². The van der Waals surface area contributed by atoms with Crippen LogP contribution in [-0.2, 0) is 20.9 Å². The van der Waals surface area contributed by atoms with Crippen LogP contribution < -0.4 is 15.4 Å². The van der Waals surface area contributed by atoms with E-state index in [0.717, 1.165) is 67.9 Å². The summed E-state index contributed by atoms with van der Waals surface area (Å²) in [6.45, 7) is 14.6. The van der Waals surface area contributed by atoms with Crippen molar-refractivity contribution in [3.63, 3.8) is 0 Å². The summed E-state index contributed by atoms with van der Waals surface area (Å²) < 4.78 is 13.8. The number of amides is 3. The number of nitrogens with zero attached hydrogens (tertiary/aromatic N) is 8. The van der Waals surface area contributed by atoms with Crippen molar-refractivity contribution >= 4 is 57.7 Å². The van der Waals surface area contributed by atoms with Gasteiger partial charge in [0, 0.05) is 61.7 Å². The number of thiazole rings is 1. The van der Waals surface area contributed by atoms with Gasteiger partial charge in [0.15, 0.2) is 11.6 Å². The Hall–Kier alpha value is -5.53. The molecule has 1 aliphatic carbocycles. The van der Waals surface area contributed by atoms with Crippen molar-refractivity contribution in [1.82, 2.24) is 45.3 Å². The second kappa shape index (κ2) is 20.2. The smallest absolute Gasteiger partial charge is 0.254 e. The lowest BCUT2D eigenvalue weighted by Crippen LogP contribution is -2.48. The van der Waals surface area contributed by atoms with Crippen molar-refractivity contribution in [2.24, 2.45) is 10.9 Å². The number of thiophene rings is 1. The molecule has 3 N–H and O–H groups in total. The third-order valence-electron chi connectivity index (χ3n) is 13.3. The first kappa shape index (κ1) is 47.5. The Morgan fingerprint density at radius 1 is 1.09 bits per heavy atom. The van der Waals surface area contributed by atoms with Gasteiger partial charge in [-0.15, -0.1) is 44.5 Å². The molecule has 4 aliphatic rings. The van der Waals surface area contributed by atoms with E-state index in [2.05, 4.69) is 60.4 Å².